The highest BCUT2D eigenvalue weighted by Gasteiger charge is 2.34. The zero-order valence-corrected chi connectivity index (χ0v) is 22.4. The molecule has 0 bridgehead atoms. The first-order valence-corrected chi connectivity index (χ1v) is 12.4. The molecule has 3 aromatic rings. The normalized spacial score (nSPS) is 18.6. The number of furan rings is 1. The predicted octanol–water partition coefficient (Wildman–Crippen LogP) is 6.55. The fraction of sp³-hybridized carbons (Fsp3) is 0.435. The fourth-order valence-corrected chi connectivity index (χ4v) is 5.46. The number of hydrogen-bond donors (Lipinski definition) is 2. The van der Waals surface area contributed by atoms with Gasteiger partial charge < -0.3 is 19.8 Å². The van der Waals surface area contributed by atoms with E-state index in [1.54, 1.807) is 10.8 Å². The van der Waals surface area contributed by atoms with Gasteiger partial charge in [-0.3, -0.25) is 0 Å². The summed E-state index contributed by atoms with van der Waals surface area (Å²) in [6.07, 6.45) is 4.28. The number of aromatic nitrogens is 3. The third-order valence-electron chi connectivity index (χ3n) is 5.57. The largest absolute Gasteiger partial charge is 0.467 e. The molecule has 0 saturated carbocycles. The lowest BCUT2D eigenvalue weighted by atomic mass is 9.83. The van der Waals surface area contributed by atoms with Crippen LogP contribution in [0.4, 0.5) is 10.6 Å². The molecule has 2 N–H and O–H groups in total. The molecule has 2 unspecified atom stereocenters. The van der Waals surface area contributed by atoms with Gasteiger partial charge in [-0.05, 0) is 84.9 Å². The number of allylic oxidation sites excluding steroid dienone is 1. The Balaban J connectivity index is 1.72. The van der Waals surface area contributed by atoms with Crippen LogP contribution in [0.15, 0.2) is 38.5 Å². The molecule has 0 aromatic carbocycles. The molecular formula is C23H26BrCl2N5O3. The van der Waals surface area contributed by atoms with Crippen LogP contribution >= 0.6 is 39.1 Å². The quantitative estimate of drug-likeness (QED) is 0.361. The molecule has 182 valence electrons. The van der Waals surface area contributed by atoms with Crippen LogP contribution in [0.3, 0.4) is 0 Å². The molecule has 0 aliphatic heterocycles. The number of fused-ring (bicyclic) bond motifs is 1. The minimum Gasteiger partial charge on any atom is -0.467 e. The van der Waals surface area contributed by atoms with Gasteiger partial charge in [0, 0.05) is 23.4 Å². The summed E-state index contributed by atoms with van der Waals surface area (Å²) in [6, 6.07) is 3.45. The third-order valence-corrected chi connectivity index (χ3v) is 6.80. The van der Waals surface area contributed by atoms with E-state index in [1.807, 2.05) is 45.9 Å². The molecule has 2 atom stereocenters. The average Bonchev–Trinajstić information content (AvgIpc) is 3.33. The smallest absolute Gasteiger partial charge is 0.407 e. The highest BCUT2D eigenvalue weighted by atomic mass is 79.9. The van der Waals surface area contributed by atoms with Crippen LogP contribution in [0, 0.1) is 6.92 Å². The summed E-state index contributed by atoms with van der Waals surface area (Å²) in [6.45, 7) is 7.95. The van der Waals surface area contributed by atoms with E-state index in [4.69, 9.17) is 32.4 Å². The van der Waals surface area contributed by atoms with E-state index in [9.17, 15) is 4.79 Å². The van der Waals surface area contributed by atoms with E-state index in [0.717, 1.165) is 27.0 Å². The number of carbonyl (C=O) groups excluding carboxylic acids is 1. The van der Waals surface area contributed by atoms with E-state index in [1.165, 1.54) is 0 Å². The number of nitrogens with zero attached hydrogens (tertiary/aromatic N) is 3. The van der Waals surface area contributed by atoms with E-state index < -0.39 is 11.7 Å². The Bertz CT molecular complexity index is 1230. The first-order valence-electron chi connectivity index (χ1n) is 10.9. The van der Waals surface area contributed by atoms with Crippen molar-refractivity contribution in [3.63, 3.8) is 0 Å². The van der Waals surface area contributed by atoms with Crippen molar-refractivity contribution < 1.29 is 13.9 Å². The molecule has 0 saturated heterocycles. The van der Waals surface area contributed by atoms with Crippen LogP contribution in [0.25, 0.3) is 5.52 Å². The van der Waals surface area contributed by atoms with Crippen molar-refractivity contribution in [3.05, 3.63) is 56.3 Å². The topological polar surface area (TPSA) is 93.7 Å². The zero-order chi connectivity index (χ0) is 24.6. The number of halogens is 3. The van der Waals surface area contributed by atoms with Crippen LogP contribution in [-0.4, -0.2) is 32.3 Å². The van der Waals surface area contributed by atoms with E-state index >= 15 is 0 Å². The Morgan fingerprint density at radius 1 is 1.38 bits per heavy atom. The SMILES string of the molecule is Cc1c(C2CC=C(Cl)CC2NC(=O)OC(C)(C)C)c(Br)n2nc(Cl)nc(NCc3ccco3)c12. The number of hydrogen-bond acceptors (Lipinski definition) is 6. The van der Waals surface area contributed by atoms with Gasteiger partial charge in [-0.2, -0.15) is 4.98 Å². The van der Waals surface area contributed by atoms with Gasteiger partial charge in [0.15, 0.2) is 5.82 Å². The molecule has 0 fully saturated rings. The standard InChI is InChI=1S/C23H26BrCl2N5O3/c1-12-17(15-8-7-13(25)10-16(15)28-22(32)34-23(2,3)4)19(24)31-18(12)20(29-21(26)30-31)27-11-14-6-5-9-33-14/h5-7,9,15-16H,8,10-11H2,1-4H3,(H,28,32)(H,27,29,30). The number of nitrogens with one attached hydrogen (secondary N) is 2. The van der Waals surface area contributed by atoms with Gasteiger partial charge in [0.05, 0.1) is 12.8 Å². The number of amides is 1. The summed E-state index contributed by atoms with van der Waals surface area (Å²) in [5.74, 6) is 1.29. The van der Waals surface area contributed by atoms with Crippen LogP contribution in [0.5, 0.6) is 0 Å². The predicted molar refractivity (Wildman–Crippen MR) is 136 cm³/mol. The summed E-state index contributed by atoms with van der Waals surface area (Å²) in [5.41, 5.74) is 2.15. The first kappa shape index (κ1) is 24.9. The minimum absolute atomic E-state index is 0.0669. The van der Waals surface area contributed by atoms with Crippen LogP contribution < -0.4 is 10.6 Å². The van der Waals surface area contributed by atoms with Gasteiger partial charge in [-0.25, -0.2) is 9.31 Å². The van der Waals surface area contributed by atoms with Crippen LogP contribution in [0.2, 0.25) is 5.28 Å². The van der Waals surface area contributed by atoms with Gasteiger partial charge in [0.25, 0.3) is 0 Å². The zero-order valence-electron chi connectivity index (χ0n) is 19.3. The maximum atomic E-state index is 12.6. The second-order valence-corrected chi connectivity index (χ2v) is 10.8. The second-order valence-electron chi connectivity index (χ2n) is 9.20. The molecule has 1 aliphatic carbocycles. The van der Waals surface area contributed by atoms with Crippen molar-refractivity contribution in [1.82, 2.24) is 19.9 Å². The lowest BCUT2D eigenvalue weighted by Crippen LogP contribution is -2.43. The van der Waals surface area contributed by atoms with Gasteiger partial charge in [0.1, 0.15) is 21.5 Å². The fourth-order valence-electron chi connectivity index (χ4n) is 4.20. The molecule has 3 aromatic heterocycles. The Labute approximate surface area is 216 Å². The maximum absolute atomic E-state index is 12.6. The highest BCUT2D eigenvalue weighted by molar-refractivity contribution is 9.10. The third kappa shape index (κ3) is 5.37. The van der Waals surface area contributed by atoms with E-state index in [2.05, 4.69) is 36.6 Å². The molecule has 11 heteroatoms. The summed E-state index contributed by atoms with van der Waals surface area (Å²) in [4.78, 5) is 17.0. The average molecular weight is 571 g/mol. The lowest BCUT2D eigenvalue weighted by molar-refractivity contribution is 0.0495. The lowest BCUT2D eigenvalue weighted by Gasteiger charge is -2.32. The molecule has 3 heterocycles. The van der Waals surface area contributed by atoms with Gasteiger partial charge in [0.2, 0.25) is 5.28 Å². The van der Waals surface area contributed by atoms with Crippen molar-refractivity contribution in [2.45, 2.75) is 64.6 Å². The van der Waals surface area contributed by atoms with Gasteiger partial charge >= 0.3 is 6.09 Å². The number of aryl methyl sites for hydroxylation is 1. The molecule has 1 aliphatic rings. The van der Waals surface area contributed by atoms with Crippen molar-refractivity contribution in [2.75, 3.05) is 5.32 Å². The Hall–Kier alpha value is -2.23. The van der Waals surface area contributed by atoms with E-state index in [0.29, 0.717) is 30.2 Å². The summed E-state index contributed by atoms with van der Waals surface area (Å²) in [5, 5.41) is 11.5. The number of rotatable bonds is 5. The molecule has 1 amide bonds. The number of alkyl carbamates (subject to hydrolysis) is 1. The Morgan fingerprint density at radius 2 is 2.15 bits per heavy atom. The van der Waals surface area contributed by atoms with Gasteiger partial charge in [-0.1, -0.05) is 17.7 Å². The Morgan fingerprint density at radius 3 is 2.82 bits per heavy atom. The van der Waals surface area contributed by atoms with Crippen molar-refractivity contribution in [1.29, 1.82) is 0 Å². The van der Waals surface area contributed by atoms with Gasteiger partial charge in [-0.15, -0.1) is 5.10 Å². The molecule has 0 spiro atoms. The summed E-state index contributed by atoms with van der Waals surface area (Å²) < 4.78 is 13.4. The van der Waals surface area contributed by atoms with Crippen LogP contribution in [-0.2, 0) is 11.3 Å². The second kappa shape index (κ2) is 9.79. The highest BCUT2D eigenvalue weighted by Crippen LogP contribution is 2.42. The maximum Gasteiger partial charge on any atom is 0.407 e. The monoisotopic (exact) mass is 569 g/mol. The molecule has 4 rings (SSSR count). The first-order chi connectivity index (χ1) is 16.0. The van der Waals surface area contributed by atoms with Crippen molar-refractivity contribution in [3.8, 4) is 0 Å². The van der Waals surface area contributed by atoms with Crippen molar-refractivity contribution >= 4 is 56.6 Å². The number of carbonyl (C=O) groups is 1. The number of ether oxygens (including phenoxy) is 1. The molecular weight excluding hydrogens is 545 g/mol. The summed E-state index contributed by atoms with van der Waals surface area (Å²) in [7, 11) is 0. The van der Waals surface area contributed by atoms with Crippen LogP contribution in [0.1, 0.15) is 56.4 Å². The summed E-state index contributed by atoms with van der Waals surface area (Å²) >= 11 is 16.3. The number of anilines is 1. The molecule has 8 nitrogen and oxygen atoms in total. The molecule has 34 heavy (non-hydrogen) atoms. The Kier molecular flexibility index (Phi) is 7.17. The van der Waals surface area contributed by atoms with Crippen molar-refractivity contribution in [2.24, 2.45) is 0 Å². The van der Waals surface area contributed by atoms with E-state index in [-0.39, 0.29) is 17.2 Å². The molecule has 0 radical (unpaired) electrons. The minimum atomic E-state index is -0.601.